The fraction of sp³-hybridized carbons (Fsp3) is 0.348. The molecule has 0 aliphatic carbocycles. The minimum absolute atomic E-state index is 0.0209. The molecular weight excluding hydrogens is 398 g/mol. The number of rotatable bonds is 8. The molecule has 2 aromatic rings. The summed E-state index contributed by atoms with van der Waals surface area (Å²) in [5, 5.41) is 11.0. The van der Waals surface area contributed by atoms with E-state index in [0.717, 1.165) is 6.54 Å². The zero-order valence-corrected chi connectivity index (χ0v) is 18.2. The van der Waals surface area contributed by atoms with Crippen LogP contribution in [0.3, 0.4) is 0 Å². The fourth-order valence-corrected chi connectivity index (χ4v) is 3.71. The van der Waals surface area contributed by atoms with Gasteiger partial charge in [-0.05, 0) is 57.4 Å². The number of carbonyl (C=O) groups is 2. The number of Topliss-reactive ketones (excluding diaryl/α,β-unsaturated/α-hetero) is 1. The van der Waals surface area contributed by atoms with E-state index in [1.54, 1.807) is 30.3 Å². The van der Waals surface area contributed by atoms with Crippen molar-refractivity contribution in [2.24, 2.45) is 0 Å². The lowest BCUT2D eigenvalue weighted by atomic mass is 9.94. The highest BCUT2D eigenvalue weighted by molar-refractivity contribution is 6.46. The Kier molecular flexibility index (Phi) is 6.91. The van der Waals surface area contributed by atoms with Crippen molar-refractivity contribution in [2.75, 3.05) is 41.4 Å². The number of ketones is 1. The van der Waals surface area contributed by atoms with Gasteiger partial charge in [0.1, 0.15) is 17.3 Å². The average molecular weight is 425 g/mol. The van der Waals surface area contributed by atoms with Gasteiger partial charge in [0.2, 0.25) is 0 Å². The van der Waals surface area contributed by atoms with Gasteiger partial charge < -0.3 is 24.4 Å². The number of nitrogens with zero attached hydrogens (tertiary/aromatic N) is 3. The van der Waals surface area contributed by atoms with Gasteiger partial charge in [0, 0.05) is 30.1 Å². The van der Waals surface area contributed by atoms with E-state index in [9.17, 15) is 14.7 Å². The third-order valence-corrected chi connectivity index (χ3v) is 5.23. The monoisotopic (exact) mass is 425 g/mol. The molecule has 1 saturated heterocycles. The largest absolute Gasteiger partial charge is 0.507 e. The predicted molar refractivity (Wildman–Crippen MR) is 116 cm³/mol. The second-order valence-corrected chi connectivity index (χ2v) is 7.49. The van der Waals surface area contributed by atoms with Gasteiger partial charge in [0.15, 0.2) is 0 Å². The highest BCUT2D eigenvalue weighted by atomic mass is 16.5. The van der Waals surface area contributed by atoms with E-state index in [-0.39, 0.29) is 11.3 Å². The van der Waals surface area contributed by atoms with Gasteiger partial charge in [0.05, 0.1) is 25.8 Å². The summed E-state index contributed by atoms with van der Waals surface area (Å²) in [5.74, 6) is -0.575. The highest BCUT2D eigenvalue weighted by Crippen LogP contribution is 2.43. The van der Waals surface area contributed by atoms with Crippen molar-refractivity contribution in [2.45, 2.75) is 12.5 Å². The number of aliphatic hydroxyl groups is 1. The summed E-state index contributed by atoms with van der Waals surface area (Å²) in [6.45, 7) is 1.09. The number of ether oxygens (including phenoxy) is 2. The molecule has 8 heteroatoms. The Bertz CT molecular complexity index is 988. The van der Waals surface area contributed by atoms with Crippen molar-refractivity contribution in [1.29, 1.82) is 0 Å². The quantitative estimate of drug-likeness (QED) is 0.395. The smallest absolute Gasteiger partial charge is 0.295 e. The summed E-state index contributed by atoms with van der Waals surface area (Å²) in [7, 11) is 6.95. The number of aromatic nitrogens is 1. The average Bonchev–Trinajstić information content (AvgIpc) is 3.03. The number of methoxy groups -OCH3 is 2. The molecule has 1 aromatic heterocycles. The van der Waals surface area contributed by atoms with E-state index >= 15 is 0 Å². The van der Waals surface area contributed by atoms with E-state index in [0.29, 0.717) is 35.6 Å². The Labute approximate surface area is 181 Å². The molecule has 1 N–H and O–H groups in total. The van der Waals surface area contributed by atoms with Crippen LogP contribution in [0.25, 0.3) is 5.76 Å². The fourth-order valence-electron chi connectivity index (χ4n) is 3.71. The summed E-state index contributed by atoms with van der Waals surface area (Å²) in [5.41, 5.74) is 1.00. The first kappa shape index (κ1) is 22.3. The Balaban J connectivity index is 2.18. The minimum Gasteiger partial charge on any atom is -0.507 e. The number of aliphatic hydroxyl groups excluding tert-OH is 1. The molecule has 0 radical (unpaired) electrons. The van der Waals surface area contributed by atoms with Gasteiger partial charge >= 0.3 is 0 Å². The number of hydrogen-bond donors (Lipinski definition) is 1. The van der Waals surface area contributed by atoms with Crippen molar-refractivity contribution >= 4 is 17.4 Å². The van der Waals surface area contributed by atoms with Crippen LogP contribution in [0.5, 0.6) is 11.5 Å². The molecule has 1 aliphatic heterocycles. The summed E-state index contributed by atoms with van der Waals surface area (Å²) in [6, 6.07) is 7.57. The molecule has 2 heterocycles. The molecule has 1 aliphatic rings. The van der Waals surface area contributed by atoms with Crippen LogP contribution >= 0.6 is 0 Å². The van der Waals surface area contributed by atoms with Crippen LogP contribution in [0.15, 0.2) is 48.3 Å². The van der Waals surface area contributed by atoms with E-state index < -0.39 is 17.7 Å². The van der Waals surface area contributed by atoms with Crippen LogP contribution in [0.4, 0.5) is 0 Å². The molecule has 0 bridgehead atoms. The lowest BCUT2D eigenvalue weighted by Gasteiger charge is -2.27. The maximum atomic E-state index is 13.1. The molecule has 164 valence electrons. The summed E-state index contributed by atoms with van der Waals surface area (Å²) < 4.78 is 10.9. The molecule has 0 saturated carbocycles. The maximum absolute atomic E-state index is 13.1. The third kappa shape index (κ3) is 4.54. The van der Waals surface area contributed by atoms with Crippen LogP contribution in [0.1, 0.15) is 23.6 Å². The van der Waals surface area contributed by atoms with Gasteiger partial charge in [-0.1, -0.05) is 0 Å². The van der Waals surface area contributed by atoms with Gasteiger partial charge in [-0.15, -0.1) is 0 Å². The molecule has 8 nitrogen and oxygen atoms in total. The molecule has 1 fully saturated rings. The number of carbonyl (C=O) groups excluding carboxylic acids is 2. The first-order valence-electron chi connectivity index (χ1n) is 9.94. The molecule has 1 atom stereocenters. The van der Waals surface area contributed by atoms with Crippen molar-refractivity contribution in [3.05, 3.63) is 59.4 Å². The Morgan fingerprint density at radius 2 is 1.84 bits per heavy atom. The van der Waals surface area contributed by atoms with Gasteiger partial charge in [-0.25, -0.2) is 0 Å². The summed E-state index contributed by atoms with van der Waals surface area (Å²) >= 11 is 0. The van der Waals surface area contributed by atoms with Crippen LogP contribution in [0, 0.1) is 0 Å². The number of pyridine rings is 1. The second kappa shape index (κ2) is 9.61. The Hall–Kier alpha value is -3.39. The van der Waals surface area contributed by atoms with Crippen LogP contribution in [0.2, 0.25) is 0 Å². The first-order valence-corrected chi connectivity index (χ1v) is 9.94. The molecule has 0 spiro atoms. The SMILES string of the molecule is COc1ccc(OC)c([C@H]2/C(=C(\O)c3ccncc3)C(=O)C(=O)N2CCCN(C)C)c1. The van der Waals surface area contributed by atoms with Crippen LogP contribution in [-0.2, 0) is 9.59 Å². The number of likely N-dealkylation sites (tertiary alicyclic amines) is 1. The Morgan fingerprint density at radius 3 is 2.45 bits per heavy atom. The molecule has 31 heavy (non-hydrogen) atoms. The molecular formula is C23H27N3O5. The van der Waals surface area contributed by atoms with Gasteiger partial charge in [0.25, 0.3) is 11.7 Å². The lowest BCUT2D eigenvalue weighted by molar-refractivity contribution is -0.140. The molecule has 1 amide bonds. The van der Waals surface area contributed by atoms with E-state index in [4.69, 9.17) is 9.47 Å². The van der Waals surface area contributed by atoms with Gasteiger partial charge in [-0.3, -0.25) is 14.6 Å². The summed E-state index contributed by atoms with van der Waals surface area (Å²) in [6.07, 6.45) is 3.70. The Morgan fingerprint density at radius 1 is 1.13 bits per heavy atom. The normalized spacial score (nSPS) is 18.0. The van der Waals surface area contributed by atoms with E-state index in [2.05, 4.69) is 4.98 Å². The second-order valence-electron chi connectivity index (χ2n) is 7.49. The lowest BCUT2D eigenvalue weighted by Crippen LogP contribution is -2.32. The van der Waals surface area contributed by atoms with Crippen LogP contribution < -0.4 is 9.47 Å². The molecule has 1 aromatic carbocycles. The van der Waals surface area contributed by atoms with Crippen molar-refractivity contribution in [3.8, 4) is 11.5 Å². The third-order valence-electron chi connectivity index (χ3n) is 5.23. The van der Waals surface area contributed by atoms with Crippen LogP contribution in [-0.4, -0.2) is 73.0 Å². The summed E-state index contributed by atoms with van der Waals surface area (Å²) in [4.78, 5) is 33.5. The van der Waals surface area contributed by atoms with Crippen molar-refractivity contribution < 1.29 is 24.2 Å². The first-order chi connectivity index (χ1) is 14.9. The molecule has 0 unspecified atom stereocenters. The number of benzene rings is 1. The van der Waals surface area contributed by atoms with Crippen molar-refractivity contribution in [1.82, 2.24) is 14.8 Å². The van der Waals surface area contributed by atoms with E-state index in [1.165, 1.54) is 31.5 Å². The topological polar surface area (TPSA) is 92.2 Å². The van der Waals surface area contributed by atoms with E-state index in [1.807, 2.05) is 19.0 Å². The predicted octanol–water partition coefficient (Wildman–Crippen LogP) is 2.47. The standard InChI is InChI=1S/C23H27N3O5/c1-25(2)12-5-13-26-20(17-14-16(30-3)6-7-18(17)31-4)19(22(28)23(26)29)21(27)15-8-10-24-11-9-15/h6-11,14,20,27H,5,12-13H2,1-4H3/b21-19+/t20-/m0/s1. The van der Waals surface area contributed by atoms with Gasteiger partial charge in [-0.2, -0.15) is 0 Å². The maximum Gasteiger partial charge on any atom is 0.295 e. The molecule has 3 rings (SSSR count). The number of hydrogen-bond acceptors (Lipinski definition) is 7. The highest BCUT2D eigenvalue weighted by Gasteiger charge is 2.47. The minimum atomic E-state index is -0.805. The van der Waals surface area contributed by atoms with Crippen molar-refractivity contribution in [3.63, 3.8) is 0 Å². The zero-order valence-electron chi connectivity index (χ0n) is 18.2. The number of amides is 1. The zero-order chi connectivity index (χ0) is 22.5.